The highest BCUT2D eigenvalue weighted by atomic mass is 16.2. The fourth-order valence-corrected chi connectivity index (χ4v) is 2.41. The lowest BCUT2D eigenvalue weighted by Gasteiger charge is -2.34. The van der Waals surface area contributed by atoms with Crippen molar-refractivity contribution >= 4 is 5.91 Å². The molecule has 100 valence electrons. The highest BCUT2D eigenvalue weighted by Crippen LogP contribution is 2.07. The number of piperazine rings is 1. The Labute approximate surface area is 108 Å². The van der Waals surface area contributed by atoms with E-state index >= 15 is 0 Å². The van der Waals surface area contributed by atoms with E-state index in [1.165, 1.54) is 0 Å². The second kappa shape index (κ2) is 5.52. The first-order valence-electron chi connectivity index (χ1n) is 6.59. The molecule has 0 unspecified atom stereocenters. The summed E-state index contributed by atoms with van der Waals surface area (Å²) in [5.41, 5.74) is 1.96. The molecule has 2 rings (SSSR count). The zero-order chi connectivity index (χ0) is 13.1. The van der Waals surface area contributed by atoms with Gasteiger partial charge in [-0.05, 0) is 19.5 Å². The molecule has 0 bridgehead atoms. The molecule has 1 fully saturated rings. The van der Waals surface area contributed by atoms with Crippen LogP contribution in [0.1, 0.15) is 18.3 Å². The van der Waals surface area contributed by atoms with Gasteiger partial charge in [-0.25, -0.2) is 0 Å². The van der Waals surface area contributed by atoms with Crippen molar-refractivity contribution in [2.75, 3.05) is 32.7 Å². The van der Waals surface area contributed by atoms with E-state index in [1.54, 1.807) is 4.68 Å². The molecule has 1 aromatic heterocycles. The standard InChI is InChI=1S/C13H22N4O/c1-4-16-5-7-17(8-6-16)13(18)10-12-9-11(2)14-15(12)3/h9H,4-8,10H2,1-3H3. The van der Waals surface area contributed by atoms with Gasteiger partial charge in [0.05, 0.1) is 12.1 Å². The Morgan fingerprint density at radius 1 is 1.33 bits per heavy atom. The SMILES string of the molecule is CCN1CCN(C(=O)Cc2cc(C)nn2C)CC1. The molecule has 1 amide bonds. The minimum atomic E-state index is 0.216. The number of likely N-dealkylation sites (N-methyl/N-ethyl adjacent to an activating group) is 1. The van der Waals surface area contributed by atoms with E-state index in [-0.39, 0.29) is 5.91 Å². The van der Waals surface area contributed by atoms with Crippen LogP contribution in [-0.2, 0) is 18.3 Å². The Morgan fingerprint density at radius 2 is 2.00 bits per heavy atom. The number of aryl methyl sites for hydroxylation is 2. The van der Waals surface area contributed by atoms with Crippen molar-refractivity contribution < 1.29 is 4.79 Å². The molecule has 1 aliphatic rings. The van der Waals surface area contributed by atoms with Crippen molar-refractivity contribution in [3.63, 3.8) is 0 Å². The topological polar surface area (TPSA) is 41.4 Å². The lowest BCUT2D eigenvalue weighted by atomic mass is 10.2. The summed E-state index contributed by atoms with van der Waals surface area (Å²) in [5, 5.41) is 4.27. The summed E-state index contributed by atoms with van der Waals surface area (Å²) in [5.74, 6) is 0.216. The van der Waals surface area contributed by atoms with E-state index in [4.69, 9.17) is 0 Å². The van der Waals surface area contributed by atoms with Gasteiger partial charge in [0.15, 0.2) is 0 Å². The summed E-state index contributed by atoms with van der Waals surface area (Å²) in [6.07, 6.45) is 0.462. The minimum absolute atomic E-state index is 0.216. The van der Waals surface area contributed by atoms with Gasteiger partial charge in [0.1, 0.15) is 0 Å². The van der Waals surface area contributed by atoms with Crippen molar-refractivity contribution in [2.24, 2.45) is 7.05 Å². The zero-order valence-corrected chi connectivity index (χ0v) is 11.5. The molecule has 0 aromatic carbocycles. The average Bonchev–Trinajstić information content (AvgIpc) is 2.68. The van der Waals surface area contributed by atoms with Gasteiger partial charge in [0.25, 0.3) is 0 Å². The molecule has 0 saturated carbocycles. The zero-order valence-electron chi connectivity index (χ0n) is 11.5. The molecule has 1 aromatic rings. The first-order valence-corrected chi connectivity index (χ1v) is 6.59. The number of aromatic nitrogens is 2. The molecule has 1 aliphatic heterocycles. The Kier molecular flexibility index (Phi) is 4.01. The summed E-state index contributed by atoms with van der Waals surface area (Å²) >= 11 is 0. The third-order valence-electron chi connectivity index (χ3n) is 3.60. The van der Waals surface area contributed by atoms with Crippen LogP contribution in [0.4, 0.5) is 0 Å². The Morgan fingerprint density at radius 3 is 2.50 bits per heavy atom. The quantitative estimate of drug-likeness (QED) is 0.781. The number of hydrogen-bond donors (Lipinski definition) is 0. The number of nitrogens with zero attached hydrogens (tertiary/aromatic N) is 4. The summed E-state index contributed by atoms with van der Waals surface area (Å²) < 4.78 is 1.80. The average molecular weight is 250 g/mol. The van der Waals surface area contributed by atoms with E-state index < -0.39 is 0 Å². The van der Waals surface area contributed by atoms with Crippen LogP contribution in [0.5, 0.6) is 0 Å². The maximum absolute atomic E-state index is 12.2. The molecule has 5 heteroatoms. The first kappa shape index (κ1) is 13.1. The Hall–Kier alpha value is -1.36. The number of rotatable bonds is 3. The Balaban J connectivity index is 1.91. The summed E-state index contributed by atoms with van der Waals surface area (Å²) in [6.45, 7) is 8.87. The molecule has 0 N–H and O–H groups in total. The van der Waals surface area contributed by atoms with Gasteiger partial charge in [-0.2, -0.15) is 5.10 Å². The number of amides is 1. The molecule has 2 heterocycles. The van der Waals surface area contributed by atoms with Gasteiger partial charge in [-0.15, -0.1) is 0 Å². The third-order valence-corrected chi connectivity index (χ3v) is 3.60. The predicted octanol–water partition coefficient (Wildman–Crippen LogP) is 0.435. The van der Waals surface area contributed by atoms with Crippen LogP contribution < -0.4 is 0 Å². The molecule has 5 nitrogen and oxygen atoms in total. The van der Waals surface area contributed by atoms with E-state index in [9.17, 15) is 4.79 Å². The van der Waals surface area contributed by atoms with Crippen molar-refractivity contribution in [3.8, 4) is 0 Å². The molecule has 0 radical (unpaired) electrons. The fraction of sp³-hybridized carbons (Fsp3) is 0.692. The molecule has 1 saturated heterocycles. The minimum Gasteiger partial charge on any atom is -0.340 e. The van der Waals surface area contributed by atoms with Crippen LogP contribution in [0.25, 0.3) is 0 Å². The van der Waals surface area contributed by atoms with Gasteiger partial charge < -0.3 is 9.80 Å². The lowest BCUT2D eigenvalue weighted by Crippen LogP contribution is -2.49. The van der Waals surface area contributed by atoms with E-state index in [1.807, 2.05) is 24.9 Å². The van der Waals surface area contributed by atoms with Gasteiger partial charge in [-0.1, -0.05) is 6.92 Å². The highest BCUT2D eigenvalue weighted by Gasteiger charge is 2.21. The van der Waals surface area contributed by atoms with Gasteiger partial charge >= 0.3 is 0 Å². The molecule has 0 spiro atoms. The van der Waals surface area contributed by atoms with E-state index in [2.05, 4.69) is 16.9 Å². The maximum atomic E-state index is 12.2. The largest absolute Gasteiger partial charge is 0.340 e. The van der Waals surface area contributed by atoms with Gasteiger partial charge in [-0.3, -0.25) is 9.48 Å². The van der Waals surface area contributed by atoms with Gasteiger partial charge in [0.2, 0.25) is 5.91 Å². The monoisotopic (exact) mass is 250 g/mol. The van der Waals surface area contributed by atoms with Crippen LogP contribution in [0.2, 0.25) is 0 Å². The first-order chi connectivity index (χ1) is 8.60. The third kappa shape index (κ3) is 2.90. The normalized spacial score (nSPS) is 17.2. The number of hydrogen-bond acceptors (Lipinski definition) is 3. The number of carbonyl (C=O) groups excluding carboxylic acids is 1. The van der Waals surface area contributed by atoms with Crippen molar-refractivity contribution in [3.05, 3.63) is 17.5 Å². The highest BCUT2D eigenvalue weighted by molar-refractivity contribution is 5.78. The smallest absolute Gasteiger partial charge is 0.228 e. The molecule has 0 atom stereocenters. The van der Waals surface area contributed by atoms with Crippen LogP contribution in [0.15, 0.2) is 6.07 Å². The summed E-state index contributed by atoms with van der Waals surface area (Å²) in [7, 11) is 1.89. The number of carbonyl (C=O) groups is 1. The van der Waals surface area contributed by atoms with Crippen LogP contribution >= 0.6 is 0 Å². The van der Waals surface area contributed by atoms with E-state index in [0.717, 1.165) is 44.1 Å². The van der Waals surface area contributed by atoms with Crippen LogP contribution in [0, 0.1) is 6.92 Å². The summed E-state index contributed by atoms with van der Waals surface area (Å²) in [6, 6.07) is 1.99. The van der Waals surface area contributed by atoms with Crippen LogP contribution in [0.3, 0.4) is 0 Å². The van der Waals surface area contributed by atoms with Crippen LogP contribution in [-0.4, -0.2) is 58.2 Å². The van der Waals surface area contributed by atoms with Crippen molar-refractivity contribution in [1.29, 1.82) is 0 Å². The predicted molar refractivity (Wildman–Crippen MR) is 70.3 cm³/mol. The molecule has 0 aliphatic carbocycles. The Bertz CT molecular complexity index is 419. The van der Waals surface area contributed by atoms with Gasteiger partial charge in [0, 0.05) is 38.9 Å². The maximum Gasteiger partial charge on any atom is 0.228 e. The molecule has 18 heavy (non-hydrogen) atoms. The van der Waals surface area contributed by atoms with Crippen molar-refractivity contribution in [1.82, 2.24) is 19.6 Å². The molecular weight excluding hydrogens is 228 g/mol. The summed E-state index contributed by atoms with van der Waals surface area (Å²) in [4.78, 5) is 16.5. The second-order valence-electron chi connectivity index (χ2n) is 4.89. The van der Waals surface area contributed by atoms with Crippen molar-refractivity contribution in [2.45, 2.75) is 20.3 Å². The van der Waals surface area contributed by atoms with E-state index in [0.29, 0.717) is 6.42 Å². The molecular formula is C13H22N4O. The fourth-order valence-electron chi connectivity index (χ4n) is 2.41. The second-order valence-corrected chi connectivity index (χ2v) is 4.89. The lowest BCUT2D eigenvalue weighted by molar-refractivity contribution is -0.132.